The van der Waals surface area contributed by atoms with Gasteiger partial charge in [-0.25, -0.2) is 4.98 Å². The van der Waals surface area contributed by atoms with Crippen molar-refractivity contribution in [3.8, 4) is 0 Å². The standard InChI is InChI=1S/C16H20N2O2S/c1-16(2,3)15-18-12(10-21-15)9-17-13(14(19)20)11-7-5-4-6-8-11/h4-8,10,13,17H,9H2,1-3H3,(H,19,20)/t13-/m1/s1. The second-order valence-corrected chi connectivity index (χ2v) is 6.81. The predicted molar refractivity (Wildman–Crippen MR) is 84.5 cm³/mol. The number of thiazole rings is 1. The average Bonchev–Trinajstić information content (AvgIpc) is 2.88. The Morgan fingerprint density at radius 1 is 1.33 bits per heavy atom. The lowest BCUT2D eigenvalue weighted by molar-refractivity contribution is -0.139. The lowest BCUT2D eigenvalue weighted by Crippen LogP contribution is -2.28. The molecular formula is C16H20N2O2S. The van der Waals surface area contributed by atoms with E-state index in [4.69, 9.17) is 0 Å². The van der Waals surface area contributed by atoms with Gasteiger partial charge in [-0.15, -0.1) is 11.3 Å². The van der Waals surface area contributed by atoms with Gasteiger partial charge in [0.2, 0.25) is 0 Å². The molecule has 1 aromatic carbocycles. The van der Waals surface area contributed by atoms with Crippen molar-refractivity contribution >= 4 is 17.3 Å². The molecule has 2 aromatic rings. The Morgan fingerprint density at radius 2 is 2.00 bits per heavy atom. The molecule has 0 aliphatic heterocycles. The summed E-state index contributed by atoms with van der Waals surface area (Å²) in [6.45, 7) is 6.80. The molecule has 0 radical (unpaired) electrons. The molecule has 0 fully saturated rings. The molecule has 2 N–H and O–H groups in total. The SMILES string of the molecule is CC(C)(C)c1nc(CN[C@@H](C(=O)O)c2ccccc2)cs1. The quantitative estimate of drug-likeness (QED) is 0.889. The summed E-state index contributed by atoms with van der Waals surface area (Å²) in [5.41, 5.74) is 1.65. The fourth-order valence-corrected chi connectivity index (χ4v) is 2.84. The molecule has 112 valence electrons. The first-order chi connectivity index (χ1) is 9.88. The number of aliphatic carboxylic acids is 1. The Balaban J connectivity index is 2.06. The normalized spacial score (nSPS) is 13.1. The van der Waals surface area contributed by atoms with E-state index in [9.17, 15) is 9.90 Å². The van der Waals surface area contributed by atoms with Gasteiger partial charge >= 0.3 is 5.97 Å². The molecule has 0 amide bonds. The van der Waals surface area contributed by atoms with E-state index in [1.807, 2.05) is 35.7 Å². The summed E-state index contributed by atoms with van der Waals surface area (Å²) < 4.78 is 0. The van der Waals surface area contributed by atoms with Gasteiger partial charge in [-0.05, 0) is 5.56 Å². The number of hydrogen-bond donors (Lipinski definition) is 2. The molecule has 0 saturated carbocycles. The first kappa shape index (κ1) is 15.7. The molecule has 2 rings (SSSR count). The van der Waals surface area contributed by atoms with E-state index in [0.717, 1.165) is 16.3 Å². The molecule has 5 heteroatoms. The molecule has 0 aliphatic carbocycles. The van der Waals surface area contributed by atoms with E-state index in [1.165, 1.54) is 0 Å². The fourth-order valence-electron chi connectivity index (χ4n) is 1.93. The summed E-state index contributed by atoms with van der Waals surface area (Å²) in [7, 11) is 0. The minimum atomic E-state index is -0.882. The van der Waals surface area contributed by atoms with Gasteiger partial charge in [0.1, 0.15) is 6.04 Å². The van der Waals surface area contributed by atoms with E-state index in [0.29, 0.717) is 6.54 Å². The molecule has 0 unspecified atom stereocenters. The Bertz CT molecular complexity index is 602. The summed E-state index contributed by atoms with van der Waals surface area (Å²) in [4.78, 5) is 16.0. The van der Waals surface area contributed by atoms with Crippen molar-refractivity contribution in [1.29, 1.82) is 0 Å². The third kappa shape index (κ3) is 4.12. The number of carbonyl (C=O) groups is 1. The average molecular weight is 304 g/mol. The molecule has 4 nitrogen and oxygen atoms in total. The first-order valence-electron chi connectivity index (χ1n) is 6.84. The van der Waals surface area contributed by atoms with Gasteiger partial charge in [0.05, 0.1) is 10.7 Å². The number of carboxylic acid groups (broad SMARTS) is 1. The van der Waals surface area contributed by atoms with Crippen LogP contribution in [0.1, 0.15) is 43.1 Å². The van der Waals surface area contributed by atoms with Crippen molar-refractivity contribution in [2.45, 2.75) is 38.8 Å². The van der Waals surface area contributed by atoms with Crippen LogP contribution in [0.15, 0.2) is 35.7 Å². The van der Waals surface area contributed by atoms with Crippen molar-refractivity contribution in [3.05, 3.63) is 52.0 Å². The minimum absolute atomic E-state index is 0.0224. The summed E-state index contributed by atoms with van der Waals surface area (Å²) in [5.74, 6) is -0.882. The van der Waals surface area contributed by atoms with Crippen molar-refractivity contribution < 1.29 is 9.90 Å². The Labute approximate surface area is 128 Å². The molecule has 1 atom stereocenters. The molecule has 1 heterocycles. The zero-order valence-electron chi connectivity index (χ0n) is 12.5. The Morgan fingerprint density at radius 3 is 2.52 bits per heavy atom. The number of benzene rings is 1. The van der Waals surface area contributed by atoms with Crippen LogP contribution in [-0.2, 0) is 16.8 Å². The van der Waals surface area contributed by atoms with Gasteiger partial charge in [-0.2, -0.15) is 0 Å². The summed E-state index contributed by atoms with van der Waals surface area (Å²) in [5, 5.41) is 15.5. The van der Waals surface area contributed by atoms with Crippen LogP contribution in [0.3, 0.4) is 0 Å². The third-order valence-corrected chi connectivity index (χ3v) is 4.38. The van der Waals surface area contributed by atoms with Crippen LogP contribution in [0.25, 0.3) is 0 Å². The highest BCUT2D eigenvalue weighted by atomic mass is 32.1. The zero-order chi connectivity index (χ0) is 15.5. The maximum absolute atomic E-state index is 11.4. The van der Waals surface area contributed by atoms with Crippen LogP contribution in [0.2, 0.25) is 0 Å². The van der Waals surface area contributed by atoms with Gasteiger partial charge in [0.15, 0.2) is 0 Å². The van der Waals surface area contributed by atoms with Crippen LogP contribution >= 0.6 is 11.3 Å². The van der Waals surface area contributed by atoms with Crippen LogP contribution in [0, 0.1) is 0 Å². The van der Waals surface area contributed by atoms with E-state index < -0.39 is 12.0 Å². The van der Waals surface area contributed by atoms with Crippen LogP contribution in [-0.4, -0.2) is 16.1 Å². The van der Waals surface area contributed by atoms with Crippen molar-refractivity contribution in [2.24, 2.45) is 0 Å². The maximum atomic E-state index is 11.4. The number of carboxylic acids is 1. The Kier molecular flexibility index (Phi) is 4.75. The number of rotatable bonds is 5. The number of nitrogens with one attached hydrogen (secondary N) is 1. The highest BCUT2D eigenvalue weighted by Gasteiger charge is 2.21. The molecular weight excluding hydrogens is 284 g/mol. The maximum Gasteiger partial charge on any atom is 0.325 e. The highest BCUT2D eigenvalue weighted by Crippen LogP contribution is 2.25. The largest absolute Gasteiger partial charge is 0.480 e. The Hall–Kier alpha value is -1.72. The van der Waals surface area contributed by atoms with Gasteiger partial charge in [0.25, 0.3) is 0 Å². The van der Waals surface area contributed by atoms with Gasteiger partial charge in [-0.3, -0.25) is 10.1 Å². The molecule has 0 bridgehead atoms. The summed E-state index contributed by atoms with van der Waals surface area (Å²) in [6.07, 6.45) is 0. The number of aromatic nitrogens is 1. The lowest BCUT2D eigenvalue weighted by Gasteiger charge is -2.15. The minimum Gasteiger partial charge on any atom is -0.480 e. The number of nitrogens with zero attached hydrogens (tertiary/aromatic N) is 1. The second-order valence-electron chi connectivity index (χ2n) is 5.96. The molecule has 0 saturated heterocycles. The van der Waals surface area contributed by atoms with Crippen molar-refractivity contribution in [2.75, 3.05) is 0 Å². The van der Waals surface area contributed by atoms with Crippen molar-refractivity contribution in [3.63, 3.8) is 0 Å². The predicted octanol–water partition coefficient (Wildman–Crippen LogP) is 3.36. The molecule has 1 aromatic heterocycles. The highest BCUT2D eigenvalue weighted by molar-refractivity contribution is 7.09. The molecule has 0 aliphatic rings. The second kappa shape index (κ2) is 6.37. The monoisotopic (exact) mass is 304 g/mol. The van der Waals surface area contributed by atoms with Gasteiger partial charge < -0.3 is 5.11 Å². The third-order valence-electron chi connectivity index (χ3n) is 3.06. The van der Waals surface area contributed by atoms with Gasteiger partial charge in [0, 0.05) is 17.3 Å². The molecule has 0 spiro atoms. The van der Waals surface area contributed by atoms with Crippen molar-refractivity contribution in [1.82, 2.24) is 10.3 Å². The summed E-state index contributed by atoms with van der Waals surface area (Å²) >= 11 is 1.61. The van der Waals surface area contributed by atoms with Crippen LogP contribution < -0.4 is 5.32 Å². The topological polar surface area (TPSA) is 62.2 Å². The lowest BCUT2D eigenvalue weighted by atomic mass is 9.98. The fraction of sp³-hybridized carbons (Fsp3) is 0.375. The van der Waals surface area contributed by atoms with E-state index in [2.05, 4.69) is 31.1 Å². The van der Waals surface area contributed by atoms with E-state index >= 15 is 0 Å². The zero-order valence-corrected chi connectivity index (χ0v) is 13.3. The smallest absolute Gasteiger partial charge is 0.325 e. The number of hydrogen-bond acceptors (Lipinski definition) is 4. The van der Waals surface area contributed by atoms with E-state index in [-0.39, 0.29) is 5.41 Å². The van der Waals surface area contributed by atoms with Gasteiger partial charge in [-0.1, -0.05) is 51.1 Å². The summed E-state index contributed by atoms with van der Waals surface area (Å²) in [6, 6.07) is 8.46. The van der Waals surface area contributed by atoms with E-state index in [1.54, 1.807) is 11.3 Å². The van der Waals surface area contributed by atoms with Crippen LogP contribution in [0.4, 0.5) is 0 Å². The first-order valence-corrected chi connectivity index (χ1v) is 7.72. The molecule has 21 heavy (non-hydrogen) atoms. The van der Waals surface area contributed by atoms with Crippen LogP contribution in [0.5, 0.6) is 0 Å².